The Morgan fingerprint density at radius 2 is 1.21 bits per heavy atom. The number of hydrogen-bond donors (Lipinski definition) is 0. The molecule has 0 spiro atoms. The molecule has 0 saturated heterocycles. The molecule has 86 valence electrons. The van der Waals surface area contributed by atoms with Gasteiger partial charge in [-0.05, 0) is 24.7 Å². The Labute approximate surface area is 91.5 Å². The first-order chi connectivity index (χ1) is 6.68. The highest BCUT2D eigenvalue weighted by atomic mass is 14.3. The van der Waals surface area contributed by atoms with Crippen molar-refractivity contribution in [1.29, 1.82) is 0 Å². The van der Waals surface area contributed by atoms with Crippen LogP contribution in [0, 0.1) is 5.41 Å². The van der Waals surface area contributed by atoms with E-state index < -0.39 is 0 Å². The maximum Gasteiger partial charge on any atom is -0.0326 e. The van der Waals surface area contributed by atoms with Gasteiger partial charge >= 0.3 is 0 Å². The normalized spacial score (nSPS) is 15.4. The highest BCUT2D eigenvalue weighted by molar-refractivity contribution is 4.73. The van der Waals surface area contributed by atoms with E-state index in [0.717, 1.165) is 0 Å². The zero-order valence-electron chi connectivity index (χ0n) is 10.9. The van der Waals surface area contributed by atoms with Gasteiger partial charge < -0.3 is 0 Å². The lowest BCUT2D eigenvalue weighted by Gasteiger charge is -2.29. The molecule has 0 heteroatoms. The van der Waals surface area contributed by atoms with Crippen LogP contribution in [0.5, 0.6) is 0 Å². The van der Waals surface area contributed by atoms with Crippen LogP contribution in [-0.2, 0) is 0 Å². The smallest absolute Gasteiger partial charge is 0.0326 e. The monoisotopic (exact) mass is 198 g/mol. The summed E-state index contributed by atoms with van der Waals surface area (Å²) in [5.74, 6) is 0. The van der Waals surface area contributed by atoms with Crippen LogP contribution in [0.4, 0.5) is 0 Å². The average molecular weight is 198 g/mol. The quantitative estimate of drug-likeness (QED) is 0.425. The fourth-order valence-corrected chi connectivity index (χ4v) is 2.38. The van der Waals surface area contributed by atoms with Crippen LogP contribution in [0.15, 0.2) is 0 Å². The van der Waals surface area contributed by atoms with Crippen LogP contribution in [0.3, 0.4) is 0 Å². The van der Waals surface area contributed by atoms with Crippen molar-refractivity contribution in [1.82, 2.24) is 0 Å². The van der Waals surface area contributed by atoms with Crippen LogP contribution in [0.2, 0.25) is 0 Å². The molecule has 0 aromatic rings. The summed E-state index contributed by atoms with van der Waals surface area (Å²) in [6, 6.07) is 0. The lowest BCUT2D eigenvalue weighted by atomic mass is 9.76. The molecule has 0 aliphatic rings. The third kappa shape index (κ3) is 6.45. The maximum absolute atomic E-state index is 2.50. The molecule has 0 saturated carbocycles. The highest BCUT2D eigenvalue weighted by Crippen LogP contribution is 2.35. The first-order valence-electron chi connectivity index (χ1n) is 6.68. The molecule has 1 atom stereocenters. The standard InChI is InChI=1S/C14H30/c1-5-8-10-13-14(4,11-7-3)12-9-6-2/h5-13H2,1-4H3. The van der Waals surface area contributed by atoms with Crippen molar-refractivity contribution >= 4 is 0 Å². The predicted octanol–water partition coefficient (Wildman–Crippen LogP) is 5.56. The van der Waals surface area contributed by atoms with Crippen LogP contribution in [0.1, 0.15) is 85.5 Å². The topological polar surface area (TPSA) is 0 Å². The van der Waals surface area contributed by atoms with E-state index in [0.29, 0.717) is 5.41 Å². The lowest BCUT2D eigenvalue weighted by Crippen LogP contribution is -2.16. The van der Waals surface area contributed by atoms with Gasteiger partial charge in [0.2, 0.25) is 0 Å². The second-order valence-electron chi connectivity index (χ2n) is 5.12. The fourth-order valence-electron chi connectivity index (χ4n) is 2.38. The second-order valence-corrected chi connectivity index (χ2v) is 5.12. The minimum Gasteiger partial charge on any atom is -0.0654 e. The van der Waals surface area contributed by atoms with Crippen LogP contribution in [-0.4, -0.2) is 0 Å². The minimum absolute atomic E-state index is 0.653. The summed E-state index contributed by atoms with van der Waals surface area (Å²) in [6.45, 7) is 9.42. The summed E-state index contributed by atoms with van der Waals surface area (Å²) in [6.07, 6.45) is 12.7. The molecule has 0 aromatic carbocycles. The average Bonchev–Trinajstić information content (AvgIpc) is 2.16. The van der Waals surface area contributed by atoms with Crippen molar-refractivity contribution in [3.8, 4) is 0 Å². The lowest BCUT2D eigenvalue weighted by molar-refractivity contribution is 0.231. The van der Waals surface area contributed by atoms with Crippen molar-refractivity contribution < 1.29 is 0 Å². The van der Waals surface area contributed by atoms with Gasteiger partial charge in [-0.1, -0.05) is 66.2 Å². The molecule has 0 fully saturated rings. The van der Waals surface area contributed by atoms with E-state index in [9.17, 15) is 0 Å². The van der Waals surface area contributed by atoms with Gasteiger partial charge in [-0.25, -0.2) is 0 Å². The van der Waals surface area contributed by atoms with E-state index in [1.54, 1.807) is 0 Å². The first-order valence-corrected chi connectivity index (χ1v) is 6.68. The molecule has 0 aromatic heterocycles. The van der Waals surface area contributed by atoms with Gasteiger partial charge in [-0.3, -0.25) is 0 Å². The predicted molar refractivity (Wildman–Crippen MR) is 66.7 cm³/mol. The Hall–Kier alpha value is 0. The molecule has 0 rings (SSSR count). The van der Waals surface area contributed by atoms with Gasteiger partial charge in [-0.2, -0.15) is 0 Å². The van der Waals surface area contributed by atoms with Crippen molar-refractivity contribution in [2.45, 2.75) is 85.5 Å². The van der Waals surface area contributed by atoms with Gasteiger partial charge in [-0.15, -0.1) is 0 Å². The molecule has 14 heavy (non-hydrogen) atoms. The van der Waals surface area contributed by atoms with E-state index in [2.05, 4.69) is 27.7 Å². The van der Waals surface area contributed by atoms with E-state index in [-0.39, 0.29) is 0 Å². The Balaban J connectivity index is 3.82. The minimum atomic E-state index is 0.653. The summed E-state index contributed by atoms with van der Waals surface area (Å²) >= 11 is 0. The van der Waals surface area contributed by atoms with Gasteiger partial charge in [0.25, 0.3) is 0 Å². The molecular weight excluding hydrogens is 168 g/mol. The Morgan fingerprint density at radius 3 is 1.71 bits per heavy atom. The molecule has 1 unspecified atom stereocenters. The molecule has 0 heterocycles. The maximum atomic E-state index is 2.50. The molecule has 0 bridgehead atoms. The van der Waals surface area contributed by atoms with Crippen LogP contribution in [0.25, 0.3) is 0 Å². The van der Waals surface area contributed by atoms with Crippen molar-refractivity contribution in [2.75, 3.05) is 0 Å². The summed E-state index contributed by atoms with van der Waals surface area (Å²) in [5.41, 5.74) is 0.653. The highest BCUT2D eigenvalue weighted by Gasteiger charge is 2.21. The Kier molecular flexibility index (Phi) is 8.32. The zero-order chi connectivity index (χ0) is 10.9. The van der Waals surface area contributed by atoms with Crippen LogP contribution >= 0.6 is 0 Å². The number of hydrogen-bond acceptors (Lipinski definition) is 0. The molecular formula is C14H30. The van der Waals surface area contributed by atoms with E-state index in [1.165, 1.54) is 57.8 Å². The Bertz CT molecular complexity index is 117. The third-order valence-corrected chi connectivity index (χ3v) is 3.37. The van der Waals surface area contributed by atoms with E-state index in [1.807, 2.05) is 0 Å². The SMILES string of the molecule is CCCCCC(C)(CCC)CCCC. The molecule has 0 aliphatic carbocycles. The van der Waals surface area contributed by atoms with E-state index >= 15 is 0 Å². The zero-order valence-corrected chi connectivity index (χ0v) is 10.9. The van der Waals surface area contributed by atoms with Gasteiger partial charge in [0, 0.05) is 0 Å². The van der Waals surface area contributed by atoms with Crippen molar-refractivity contribution in [3.05, 3.63) is 0 Å². The number of unbranched alkanes of at least 4 members (excludes halogenated alkanes) is 3. The fraction of sp³-hybridized carbons (Fsp3) is 1.00. The molecule has 0 N–H and O–H groups in total. The van der Waals surface area contributed by atoms with Gasteiger partial charge in [0.15, 0.2) is 0 Å². The first kappa shape index (κ1) is 14.0. The summed E-state index contributed by atoms with van der Waals surface area (Å²) in [5, 5.41) is 0. The summed E-state index contributed by atoms with van der Waals surface area (Å²) < 4.78 is 0. The van der Waals surface area contributed by atoms with Crippen molar-refractivity contribution in [2.24, 2.45) is 5.41 Å². The largest absolute Gasteiger partial charge is 0.0654 e. The molecule has 0 amide bonds. The summed E-state index contributed by atoms with van der Waals surface area (Å²) in [4.78, 5) is 0. The van der Waals surface area contributed by atoms with Crippen molar-refractivity contribution in [3.63, 3.8) is 0 Å². The molecule has 0 nitrogen and oxygen atoms in total. The number of rotatable bonds is 9. The van der Waals surface area contributed by atoms with Gasteiger partial charge in [0.1, 0.15) is 0 Å². The molecule has 0 aliphatic heterocycles. The summed E-state index contributed by atoms with van der Waals surface area (Å²) in [7, 11) is 0. The van der Waals surface area contributed by atoms with Gasteiger partial charge in [0.05, 0.1) is 0 Å². The Morgan fingerprint density at radius 1 is 0.643 bits per heavy atom. The molecule has 0 radical (unpaired) electrons. The van der Waals surface area contributed by atoms with Crippen LogP contribution < -0.4 is 0 Å². The van der Waals surface area contributed by atoms with E-state index in [4.69, 9.17) is 0 Å². The second kappa shape index (κ2) is 8.32. The third-order valence-electron chi connectivity index (χ3n) is 3.37.